The van der Waals surface area contributed by atoms with Crippen LogP contribution in [0.2, 0.25) is 0 Å². The Morgan fingerprint density at radius 1 is 1.24 bits per heavy atom. The Kier molecular flexibility index (Phi) is 7.29. The molecule has 2 aromatic rings. The van der Waals surface area contributed by atoms with Crippen molar-refractivity contribution in [3.05, 3.63) is 50.7 Å². The number of rotatable bonds is 8. The van der Waals surface area contributed by atoms with Crippen LogP contribution in [0.25, 0.3) is 0 Å². The van der Waals surface area contributed by atoms with E-state index in [2.05, 4.69) is 4.98 Å². The van der Waals surface area contributed by atoms with E-state index in [0.717, 1.165) is 17.5 Å². The van der Waals surface area contributed by atoms with E-state index < -0.39 is 17.4 Å². The fourth-order valence-corrected chi connectivity index (χ4v) is 4.11. The van der Waals surface area contributed by atoms with Crippen molar-refractivity contribution in [2.75, 3.05) is 14.2 Å². The number of benzene rings is 1. The van der Waals surface area contributed by atoms with Gasteiger partial charge in [0.2, 0.25) is 6.04 Å². The molecule has 33 heavy (non-hydrogen) atoms. The monoisotopic (exact) mass is 460 g/mol. The predicted molar refractivity (Wildman–Crippen MR) is 120 cm³/mol. The van der Waals surface area contributed by atoms with Gasteiger partial charge in [0, 0.05) is 17.8 Å². The zero-order chi connectivity index (χ0) is 24.3. The van der Waals surface area contributed by atoms with Crippen molar-refractivity contribution >= 4 is 5.97 Å². The molecule has 0 radical (unpaired) electrons. The highest BCUT2D eigenvalue weighted by atomic mass is 16.6. The first-order valence-corrected chi connectivity index (χ1v) is 11.1. The van der Waals surface area contributed by atoms with Gasteiger partial charge in [0.1, 0.15) is 5.69 Å². The molecule has 1 aromatic heterocycles. The molecular formula is C24H32N2O7. The van der Waals surface area contributed by atoms with Crippen molar-refractivity contribution in [1.29, 1.82) is 0 Å². The molecule has 0 spiro atoms. The number of hydrogen-bond acceptors (Lipinski definition) is 8. The number of nitrogens with zero attached hydrogens (tertiary/aromatic N) is 2. The van der Waals surface area contributed by atoms with Crippen molar-refractivity contribution in [2.24, 2.45) is 5.41 Å². The Balaban J connectivity index is 2.12. The second kappa shape index (κ2) is 9.80. The Bertz CT molecular complexity index is 1020. The van der Waals surface area contributed by atoms with Gasteiger partial charge in [-0.1, -0.05) is 6.92 Å². The van der Waals surface area contributed by atoms with Gasteiger partial charge in [-0.3, -0.25) is 14.9 Å². The van der Waals surface area contributed by atoms with E-state index in [-0.39, 0.29) is 17.5 Å². The van der Waals surface area contributed by atoms with Gasteiger partial charge in [-0.25, -0.2) is 4.98 Å². The minimum absolute atomic E-state index is 0.133. The first kappa shape index (κ1) is 24.5. The number of nitro groups is 1. The summed E-state index contributed by atoms with van der Waals surface area (Å²) >= 11 is 0. The van der Waals surface area contributed by atoms with Gasteiger partial charge >= 0.3 is 5.97 Å². The van der Waals surface area contributed by atoms with Crippen LogP contribution in [0.1, 0.15) is 74.9 Å². The van der Waals surface area contributed by atoms with Crippen LogP contribution in [0.4, 0.5) is 0 Å². The highest BCUT2D eigenvalue weighted by Crippen LogP contribution is 2.44. The zero-order valence-electron chi connectivity index (χ0n) is 20.1. The maximum atomic E-state index is 12.4. The SMILES string of the molecule is CCCc1nc([C@@H]2c3cc(OC)c(OC)cc3CC[C@H]2[N+](=O)[O-])c(COC(=O)C(C)(C)C)o1. The molecule has 0 N–H and O–H groups in total. The number of fused-ring (bicyclic) bond motifs is 1. The Morgan fingerprint density at radius 3 is 2.48 bits per heavy atom. The molecule has 0 saturated heterocycles. The Hall–Kier alpha value is -3.10. The van der Waals surface area contributed by atoms with E-state index in [0.29, 0.717) is 48.1 Å². The summed E-state index contributed by atoms with van der Waals surface area (Å²) in [6.45, 7) is 7.15. The van der Waals surface area contributed by atoms with Crippen LogP contribution in [0, 0.1) is 15.5 Å². The Labute approximate surface area is 193 Å². The molecule has 2 atom stereocenters. The lowest BCUT2D eigenvalue weighted by molar-refractivity contribution is -0.527. The third-order valence-electron chi connectivity index (χ3n) is 5.82. The molecule has 1 aliphatic carbocycles. The summed E-state index contributed by atoms with van der Waals surface area (Å²) in [4.78, 5) is 28.8. The molecule has 180 valence electrons. The van der Waals surface area contributed by atoms with Crippen molar-refractivity contribution in [3.8, 4) is 11.5 Å². The zero-order valence-corrected chi connectivity index (χ0v) is 20.1. The van der Waals surface area contributed by atoms with Gasteiger partial charge in [0.15, 0.2) is 29.8 Å². The molecule has 9 nitrogen and oxygen atoms in total. The minimum atomic E-state index is -0.896. The minimum Gasteiger partial charge on any atom is -0.493 e. The highest BCUT2D eigenvalue weighted by Gasteiger charge is 2.43. The van der Waals surface area contributed by atoms with E-state index in [9.17, 15) is 14.9 Å². The summed E-state index contributed by atoms with van der Waals surface area (Å²) in [5.74, 6) is 0.827. The number of carbonyl (C=O) groups excluding carboxylic acids is 1. The number of esters is 1. The number of aromatic nitrogens is 1. The van der Waals surface area contributed by atoms with Gasteiger partial charge in [-0.2, -0.15) is 0 Å². The van der Waals surface area contributed by atoms with Gasteiger partial charge in [0.25, 0.3) is 0 Å². The van der Waals surface area contributed by atoms with Crippen LogP contribution in [0.3, 0.4) is 0 Å². The fraction of sp³-hybridized carbons (Fsp3) is 0.583. The molecule has 1 aliphatic rings. The van der Waals surface area contributed by atoms with Crippen LogP contribution in [0.15, 0.2) is 16.5 Å². The quantitative estimate of drug-likeness (QED) is 0.322. The third kappa shape index (κ3) is 5.12. The number of hydrogen-bond donors (Lipinski definition) is 0. The van der Waals surface area contributed by atoms with Crippen LogP contribution >= 0.6 is 0 Å². The molecule has 1 aromatic carbocycles. The summed E-state index contributed by atoms with van der Waals surface area (Å²) < 4.78 is 22.3. The van der Waals surface area contributed by atoms with E-state index in [4.69, 9.17) is 18.6 Å². The average Bonchev–Trinajstić information content (AvgIpc) is 3.17. The van der Waals surface area contributed by atoms with E-state index in [1.54, 1.807) is 33.9 Å². The lowest BCUT2D eigenvalue weighted by Gasteiger charge is -2.28. The number of oxazole rings is 1. The van der Waals surface area contributed by atoms with Crippen LogP contribution < -0.4 is 9.47 Å². The van der Waals surface area contributed by atoms with Crippen molar-refractivity contribution < 1.29 is 28.3 Å². The molecule has 0 aliphatic heterocycles. The highest BCUT2D eigenvalue weighted by molar-refractivity contribution is 5.75. The van der Waals surface area contributed by atoms with Crippen LogP contribution in [-0.2, 0) is 29.0 Å². The predicted octanol–water partition coefficient (Wildman–Crippen LogP) is 4.46. The number of aryl methyl sites for hydroxylation is 2. The van der Waals surface area contributed by atoms with Gasteiger partial charge in [-0.05, 0) is 56.9 Å². The lowest BCUT2D eigenvalue weighted by Crippen LogP contribution is -2.34. The summed E-state index contributed by atoms with van der Waals surface area (Å²) in [6.07, 6.45) is 2.25. The molecule has 0 unspecified atom stereocenters. The number of ether oxygens (including phenoxy) is 3. The van der Waals surface area contributed by atoms with Crippen molar-refractivity contribution in [2.45, 2.75) is 71.9 Å². The maximum Gasteiger partial charge on any atom is 0.311 e. The summed E-state index contributed by atoms with van der Waals surface area (Å²) in [5.41, 5.74) is 1.45. The molecule has 0 saturated carbocycles. The van der Waals surface area contributed by atoms with Crippen LogP contribution in [0.5, 0.6) is 11.5 Å². The molecule has 3 rings (SSSR count). The van der Waals surface area contributed by atoms with Gasteiger partial charge in [0.05, 0.1) is 25.6 Å². The van der Waals surface area contributed by atoms with Crippen molar-refractivity contribution in [3.63, 3.8) is 0 Å². The van der Waals surface area contributed by atoms with Gasteiger partial charge < -0.3 is 18.6 Å². The van der Waals surface area contributed by atoms with E-state index in [1.165, 1.54) is 7.11 Å². The third-order valence-corrected chi connectivity index (χ3v) is 5.82. The second-order valence-corrected chi connectivity index (χ2v) is 9.27. The van der Waals surface area contributed by atoms with Gasteiger partial charge in [-0.15, -0.1) is 0 Å². The Morgan fingerprint density at radius 2 is 1.91 bits per heavy atom. The van der Waals surface area contributed by atoms with Crippen LogP contribution in [-0.4, -0.2) is 36.1 Å². The van der Waals surface area contributed by atoms with E-state index >= 15 is 0 Å². The second-order valence-electron chi connectivity index (χ2n) is 9.27. The lowest BCUT2D eigenvalue weighted by atomic mass is 9.77. The summed E-state index contributed by atoms with van der Waals surface area (Å²) in [5, 5.41) is 12.1. The van der Waals surface area contributed by atoms with E-state index in [1.807, 2.05) is 13.0 Å². The maximum absolute atomic E-state index is 12.4. The summed E-state index contributed by atoms with van der Waals surface area (Å²) in [7, 11) is 3.08. The molecule has 0 fully saturated rings. The molecule has 9 heteroatoms. The first-order chi connectivity index (χ1) is 15.6. The molecule has 0 bridgehead atoms. The average molecular weight is 461 g/mol. The molecule has 0 amide bonds. The molecule has 1 heterocycles. The standard InChI is InChI=1S/C24H32N2O7/c1-7-8-20-25-22(19(33-20)13-32-23(27)24(2,3)4)21-15-12-18(31-6)17(30-5)11-14(15)9-10-16(21)26(28)29/h11-12,16,21H,7-10,13H2,1-6H3/t16-,21-/m1/s1. The largest absolute Gasteiger partial charge is 0.493 e. The smallest absolute Gasteiger partial charge is 0.311 e. The number of methoxy groups -OCH3 is 2. The number of carbonyl (C=O) groups is 1. The fourth-order valence-electron chi connectivity index (χ4n) is 4.11. The van der Waals surface area contributed by atoms with Crippen molar-refractivity contribution in [1.82, 2.24) is 4.98 Å². The summed E-state index contributed by atoms with van der Waals surface area (Å²) in [6, 6.07) is 2.75. The normalized spacial score (nSPS) is 17.9. The molecular weight excluding hydrogens is 428 g/mol. The topological polar surface area (TPSA) is 114 Å². The first-order valence-electron chi connectivity index (χ1n) is 11.1.